The van der Waals surface area contributed by atoms with Crippen LogP contribution in [0, 0.1) is 5.92 Å². The predicted octanol–water partition coefficient (Wildman–Crippen LogP) is -0.127. The average molecular weight is 259 g/mol. The Balaban J connectivity index is 4.04. The Bertz CT molecular complexity index is 315. The third kappa shape index (κ3) is 6.07. The molecule has 18 heavy (non-hydrogen) atoms. The molecule has 0 bridgehead atoms. The first kappa shape index (κ1) is 16.2. The zero-order chi connectivity index (χ0) is 14.3. The number of rotatable bonds is 6. The fourth-order valence-corrected chi connectivity index (χ4v) is 1.21. The third-order valence-electron chi connectivity index (χ3n) is 2.34. The molecule has 0 fully saturated rings. The van der Waals surface area contributed by atoms with E-state index in [2.05, 4.69) is 10.6 Å². The summed E-state index contributed by atoms with van der Waals surface area (Å²) < 4.78 is 0. The highest BCUT2D eigenvalue weighted by Gasteiger charge is 2.23. The number of aliphatic carboxylic acids is 1. The molecule has 3 N–H and O–H groups in total. The molecule has 104 valence electrons. The van der Waals surface area contributed by atoms with Crippen molar-refractivity contribution in [3.63, 3.8) is 0 Å². The summed E-state index contributed by atoms with van der Waals surface area (Å²) in [5, 5.41) is 13.7. The van der Waals surface area contributed by atoms with E-state index < -0.39 is 18.0 Å². The number of carbonyl (C=O) groups is 3. The number of carbonyl (C=O) groups excluding carboxylic acids is 2. The number of carboxylic acids is 1. The molecule has 3 amide bonds. The van der Waals surface area contributed by atoms with Crippen molar-refractivity contribution in [2.24, 2.45) is 5.92 Å². The maximum absolute atomic E-state index is 11.4. The molecule has 0 aromatic rings. The van der Waals surface area contributed by atoms with E-state index >= 15 is 0 Å². The van der Waals surface area contributed by atoms with E-state index in [1.807, 2.05) is 0 Å². The van der Waals surface area contributed by atoms with Gasteiger partial charge in [0.25, 0.3) is 0 Å². The summed E-state index contributed by atoms with van der Waals surface area (Å²) in [6, 6.07) is -1.52. The summed E-state index contributed by atoms with van der Waals surface area (Å²) in [4.78, 5) is 34.9. The molecule has 0 heterocycles. The van der Waals surface area contributed by atoms with E-state index in [-0.39, 0.29) is 24.8 Å². The summed E-state index contributed by atoms with van der Waals surface area (Å²) in [6.07, 6.45) is 0.180. The molecule has 0 rings (SSSR count). The fraction of sp³-hybridized carbons (Fsp3) is 0.727. The standard InChI is InChI=1S/C11H21N3O4/c1-7(2)9(10(16)17)13-11(18)12-6-5-8(15)14(3)4/h7,9H,5-6H2,1-4H3,(H,16,17)(H2,12,13,18)/t9-/m1/s1. The predicted molar refractivity (Wildman–Crippen MR) is 66.1 cm³/mol. The van der Waals surface area contributed by atoms with Crippen LogP contribution in [0.5, 0.6) is 0 Å². The van der Waals surface area contributed by atoms with E-state index in [4.69, 9.17) is 5.11 Å². The molecule has 0 aliphatic carbocycles. The first-order valence-corrected chi connectivity index (χ1v) is 5.73. The van der Waals surface area contributed by atoms with Crippen LogP contribution < -0.4 is 10.6 Å². The number of carboxylic acid groups (broad SMARTS) is 1. The minimum Gasteiger partial charge on any atom is -0.480 e. The Morgan fingerprint density at radius 1 is 1.22 bits per heavy atom. The van der Waals surface area contributed by atoms with Crippen LogP contribution in [-0.2, 0) is 9.59 Å². The minimum atomic E-state index is -1.08. The molecule has 0 aromatic heterocycles. The minimum absolute atomic E-state index is 0.103. The highest BCUT2D eigenvalue weighted by Crippen LogP contribution is 2.01. The van der Waals surface area contributed by atoms with Gasteiger partial charge in [-0.25, -0.2) is 9.59 Å². The van der Waals surface area contributed by atoms with Gasteiger partial charge in [0.15, 0.2) is 0 Å². The van der Waals surface area contributed by atoms with Gasteiger partial charge in [0.2, 0.25) is 5.91 Å². The maximum Gasteiger partial charge on any atom is 0.326 e. The van der Waals surface area contributed by atoms with E-state index in [1.54, 1.807) is 27.9 Å². The molecule has 0 unspecified atom stereocenters. The number of nitrogens with one attached hydrogen (secondary N) is 2. The van der Waals surface area contributed by atoms with E-state index in [0.717, 1.165) is 0 Å². The van der Waals surface area contributed by atoms with Crippen molar-refractivity contribution in [3.8, 4) is 0 Å². The number of urea groups is 1. The van der Waals surface area contributed by atoms with Crippen LogP contribution in [0.3, 0.4) is 0 Å². The molecule has 7 nitrogen and oxygen atoms in total. The van der Waals surface area contributed by atoms with Gasteiger partial charge in [0.05, 0.1) is 0 Å². The van der Waals surface area contributed by atoms with Crippen LogP contribution in [0.25, 0.3) is 0 Å². The van der Waals surface area contributed by atoms with Crippen molar-refractivity contribution in [1.29, 1.82) is 0 Å². The van der Waals surface area contributed by atoms with Crippen molar-refractivity contribution in [1.82, 2.24) is 15.5 Å². The molecular formula is C11H21N3O4. The summed E-state index contributed by atoms with van der Waals surface area (Å²) in [6.45, 7) is 3.58. The van der Waals surface area contributed by atoms with Crippen LogP contribution >= 0.6 is 0 Å². The molecule has 0 saturated heterocycles. The van der Waals surface area contributed by atoms with Crippen LogP contribution in [-0.4, -0.2) is 54.6 Å². The Kier molecular flexibility index (Phi) is 6.77. The van der Waals surface area contributed by atoms with Gasteiger partial charge in [-0.1, -0.05) is 13.8 Å². The van der Waals surface area contributed by atoms with Gasteiger partial charge < -0.3 is 20.6 Å². The average Bonchev–Trinajstić information content (AvgIpc) is 2.24. The summed E-state index contributed by atoms with van der Waals surface area (Å²) in [5.74, 6) is -1.39. The molecule has 0 spiro atoms. The lowest BCUT2D eigenvalue weighted by Crippen LogP contribution is -2.49. The zero-order valence-electron chi connectivity index (χ0n) is 11.2. The fourth-order valence-electron chi connectivity index (χ4n) is 1.21. The number of nitrogens with zero attached hydrogens (tertiary/aromatic N) is 1. The Morgan fingerprint density at radius 3 is 2.17 bits per heavy atom. The van der Waals surface area contributed by atoms with Crippen molar-refractivity contribution < 1.29 is 19.5 Å². The summed E-state index contributed by atoms with van der Waals surface area (Å²) in [5.41, 5.74) is 0. The largest absolute Gasteiger partial charge is 0.480 e. The van der Waals surface area contributed by atoms with Crippen LogP contribution in [0.1, 0.15) is 20.3 Å². The van der Waals surface area contributed by atoms with Crippen molar-refractivity contribution in [3.05, 3.63) is 0 Å². The van der Waals surface area contributed by atoms with Crippen LogP contribution in [0.4, 0.5) is 4.79 Å². The van der Waals surface area contributed by atoms with Crippen LogP contribution in [0.15, 0.2) is 0 Å². The topological polar surface area (TPSA) is 98.7 Å². The molecule has 1 atom stereocenters. The molecule has 0 aliphatic rings. The monoisotopic (exact) mass is 259 g/mol. The first-order chi connectivity index (χ1) is 8.25. The zero-order valence-corrected chi connectivity index (χ0v) is 11.2. The third-order valence-corrected chi connectivity index (χ3v) is 2.34. The molecule has 0 radical (unpaired) electrons. The lowest BCUT2D eigenvalue weighted by molar-refractivity contribution is -0.140. The second kappa shape index (κ2) is 7.52. The smallest absolute Gasteiger partial charge is 0.326 e. The van der Waals surface area contributed by atoms with E-state index in [0.29, 0.717) is 0 Å². The van der Waals surface area contributed by atoms with Gasteiger partial charge >= 0.3 is 12.0 Å². The quantitative estimate of drug-likeness (QED) is 0.619. The summed E-state index contributed by atoms with van der Waals surface area (Å²) >= 11 is 0. The van der Waals surface area contributed by atoms with E-state index in [9.17, 15) is 14.4 Å². The highest BCUT2D eigenvalue weighted by atomic mass is 16.4. The Labute approximate surface area is 107 Å². The normalized spacial score (nSPS) is 11.8. The van der Waals surface area contributed by atoms with Gasteiger partial charge in [-0.2, -0.15) is 0 Å². The number of hydrogen-bond acceptors (Lipinski definition) is 3. The molecule has 0 aliphatic heterocycles. The maximum atomic E-state index is 11.4. The van der Waals surface area contributed by atoms with Crippen LogP contribution in [0.2, 0.25) is 0 Å². The molecule has 7 heteroatoms. The van der Waals surface area contributed by atoms with Gasteiger partial charge in [-0.15, -0.1) is 0 Å². The first-order valence-electron chi connectivity index (χ1n) is 5.73. The number of hydrogen-bond donors (Lipinski definition) is 3. The van der Waals surface area contributed by atoms with E-state index in [1.165, 1.54) is 4.90 Å². The van der Waals surface area contributed by atoms with Crippen molar-refractivity contribution >= 4 is 17.9 Å². The molecule has 0 aromatic carbocycles. The lowest BCUT2D eigenvalue weighted by Gasteiger charge is -2.18. The van der Waals surface area contributed by atoms with Crippen molar-refractivity contribution in [2.45, 2.75) is 26.3 Å². The van der Waals surface area contributed by atoms with Gasteiger partial charge in [0, 0.05) is 27.1 Å². The number of amides is 3. The van der Waals surface area contributed by atoms with Crippen molar-refractivity contribution in [2.75, 3.05) is 20.6 Å². The molecule has 0 saturated carbocycles. The van der Waals surface area contributed by atoms with Gasteiger partial charge in [0.1, 0.15) is 6.04 Å². The second-order valence-corrected chi connectivity index (χ2v) is 4.50. The van der Waals surface area contributed by atoms with Gasteiger partial charge in [-0.3, -0.25) is 4.79 Å². The molecular weight excluding hydrogens is 238 g/mol. The second-order valence-electron chi connectivity index (χ2n) is 4.50. The summed E-state index contributed by atoms with van der Waals surface area (Å²) in [7, 11) is 3.25. The Hall–Kier alpha value is -1.79. The SMILES string of the molecule is CC(C)[C@@H](NC(=O)NCCC(=O)N(C)C)C(=O)O. The van der Waals surface area contributed by atoms with Gasteiger partial charge in [-0.05, 0) is 5.92 Å². The Morgan fingerprint density at radius 2 is 1.78 bits per heavy atom. The lowest BCUT2D eigenvalue weighted by atomic mass is 10.1. The highest BCUT2D eigenvalue weighted by molar-refractivity contribution is 5.83.